The highest BCUT2D eigenvalue weighted by molar-refractivity contribution is 6.30. The molecular weight excluding hydrogens is 324 g/mol. The number of hydrogen-bond acceptors (Lipinski definition) is 2. The van der Waals surface area contributed by atoms with Gasteiger partial charge in [-0.2, -0.15) is 0 Å². The summed E-state index contributed by atoms with van der Waals surface area (Å²) in [7, 11) is 0. The lowest BCUT2D eigenvalue weighted by Crippen LogP contribution is -2.41. The van der Waals surface area contributed by atoms with Gasteiger partial charge in [0.05, 0.1) is 5.92 Å². The second kappa shape index (κ2) is 7.56. The van der Waals surface area contributed by atoms with Crippen molar-refractivity contribution in [2.45, 2.75) is 51.5 Å². The fourth-order valence-electron chi connectivity index (χ4n) is 3.79. The number of rotatable bonds is 4. The Morgan fingerprint density at radius 2 is 1.88 bits per heavy atom. The molecule has 1 saturated carbocycles. The van der Waals surface area contributed by atoms with E-state index in [0.717, 1.165) is 24.4 Å². The molecule has 2 amide bonds. The number of nitrogens with zero attached hydrogens (tertiary/aromatic N) is 1. The Hall–Kier alpha value is -1.55. The molecule has 130 valence electrons. The zero-order valence-electron chi connectivity index (χ0n) is 14.1. The highest BCUT2D eigenvalue weighted by atomic mass is 35.5. The zero-order chi connectivity index (χ0) is 17.1. The van der Waals surface area contributed by atoms with Crippen molar-refractivity contribution in [3.05, 3.63) is 29.3 Å². The van der Waals surface area contributed by atoms with E-state index >= 15 is 0 Å². The number of hydrogen-bond donors (Lipinski definition) is 1. The van der Waals surface area contributed by atoms with Crippen LogP contribution in [-0.4, -0.2) is 24.4 Å². The third kappa shape index (κ3) is 3.92. The van der Waals surface area contributed by atoms with Gasteiger partial charge in [-0.1, -0.05) is 24.9 Å². The van der Waals surface area contributed by atoms with Crippen LogP contribution in [0.1, 0.15) is 45.4 Å². The van der Waals surface area contributed by atoms with Crippen LogP contribution in [0.25, 0.3) is 0 Å². The smallest absolute Gasteiger partial charge is 0.227 e. The van der Waals surface area contributed by atoms with E-state index in [2.05, 4.69) is 12.2 Å². The van der Waals surface area contributed by atoms with Crippen LogP contribution in [0.15, 0.2) is 24.3 Å². The summed E-state index contributed by atoms with van der Waals surface area (Å²) in [6.07, 6.45) is 6.04. The van der Waals surface area contributed by atoms with Crippen LogP contribution in [0.3, 0.4) is 0 Å². The molecule has 0 spiro atoms. The first kappa shape index (κ1) is 17.3. The summed E-state index contributed by atoms with van der Waals surface area (Å²) < 4.78 is 0. The molecule has 24 heavy (non-hydrogen) atoms. The fourth-order valence-corrected chi connectivity index (χ4v) is 3.91. The maximum Gasteiger partial charge on any atom is 0.227 e. The van der Waals surface area contributed by atoms with E-state index in [9.17, 15) is 9.59 Å². The molecule has 1 aliphatic carbocycles. The van der Waals surface area contributed by atoms with Gasteiger partial charge in [-0.3, -0.25) is 9.59 Å². The number of amides is 2. The number of benzene rings is 1. The van der Waals surface area contributed by atoms with Gasteiger partial charge >= 0.3 is 0 Å². The van der Waals surface area contributed by atoms with Crippen molar-refractivity contribution < 1.29 is 9.59 Å². The van der Waals surface area contributed by atoms with Crippen LogP contribution in [0.4, 0.5) is 5.69 Å². The molecule has 1 heterocycles. The summed E-state index contributed by atoms with van der Waals surface area (Å²) in [5.74, 6) is 0.593. The molecule has 0 unspecified atom stereocenters. The van der Waals surface area contributed by atoms with Crippen molar-refractivity contribution in [2.75, 3.05) is 11.4 Å². The molecule has 2 aliphatic rings. The standard InChI is InChI=1S/C19H25ClN2O2/c1-2-13-3-7-16(8-4-13)21-19(24)14-11-18(23)22(12-14)17-9-5-15(20)6-10-17/h5-6,9-10,13-14,16H,2-4,7-8,11-12H2,1H3,(H,21,24)/t13?,14-,16?/m0/s1. The molecule has 1 aromatic carbocycles. The lowest BCUT2D eigenvalue weighted by Gasteiger charge is -2.29. The van der Waals surface area contributed by atoms with Crippen molar-refractivity contribution in [1.29, 1.82) is 0 Å². The van der Waals surface area contributed by atoms with Crippen molar-refractivity contribution in [3.63, 3.8) is 0 Å². The summed E-state index contributed by atoms with van der Waals surface area (Å²) in [5, 5.41) is 3.81. The van der Waals surface area contributed by atoms with Crippen LogP contribution in [0.5, 0.6) is 0 Å². The van der Waals surface area contributed by atoms with Gasteiger partial charge in [-0.15, -0.1) is 0 Å². The molecule has 1 atom stereocenters. The summed E-state index contributed by atoms with van der Waals surface area (Å²) in [4.78, 5) is 26.5. The van der Waals surface area contributed by atoms with Crippen LogP contribution in [0.2, 0.25) is 5.02 Å². The van der Waals surface area contributed by atoms with E-state index in [0.29, 0.717) is 18.0 Å². The molecule has 0 radical (unpaired) electrons. The normalized spacial score (nSPS) is 27.3. The van der Waals surface area contributed by atoms with E-state index in [1.54, 1.807) is 17.0 Å². The van der Waals surface area contributed by atoms with Crippen molar-refractivity contribution in [3.8, 4) is 0 Å². The summed E-state index contributed by atoms with van der Waals surface area (Å²) >= 11 is 5.90. The molecule has 1 aliphatic heterocycles. The number of halogens is 1. The van der Waals surface area contributed by atoms with Gasteiger partial charge < -0.3 is 10.2 Å². The minimum absolute atomic E-state index is 0.00663. The fraction of sp³-hybridized carbons (Fsp3) is 0.579. The molecule has 0 bridgehead atoms. The summed E-state index contributed by atoms with van der Waals surface area (Å²) in [6, 6.07) is 7.46. The van der Waals surface area contributed by atoms with Crippen LogP contribution in [-0.2, 0) is 9.59 Å². The van der Waals surface area contributed by atoms with Gasteiger partial charge in [0.25, 0.3) is 0 Å². The topological polar surface area (TPSA) is 49.4 Å². The zero-order valence-corrected chi connectivity index (χ0v) is 14.9. The van der Waals surface area contributed by atoms with Crippen molar-refractivity contribution in [2.24, 2.45) is 11.8 Å². The lowest BCUT2D eigenvalue weighted by molar-refractivity contribution is -0.127. The Bertz CT molecular complexity index is 594. The maximum absolute atomic E-state index is 12.5. The molecule has 3 rings (SSSR count). The predicted octanol–water partition coefficient (Wildman–Crippen LogP) is 3.78. The number of carbonyl (C=O) groups is 2. The third-order valence-corrected chi connectivity index (χ3v) is 5.66. The highest BCUT2D eigenvalue weighted by Gasteiger charge is 2.36. The average Bonchev–Trinajstić information content (AvgIpc) is 2.98. The summed E-state index contributed by atoms with van der Waals surface area (Å²) in [5.41, 5.74) is 0.808. The SMILES string of the molecule is CCC1CCC(NC(=O)[C@H]2CC(=O)N(c3ccc(Cl)cc3)C2)CC1. The van der Waals surface area contributed by atoms with E-state index in [1.807, 2.05) is 12.1 Å². The van der Waals surface area contributed by atoms with E-state index in [-0.39, 0.29) is 23.8 Å². The lowest BCUT2D eigenvalue weighted by atomic mass is 9.84. The predicted molar refractivity (Wildman–Crippen MR) is 96.1 cm³/mol. The number of nitrogens with one attached hydrogen (secondary N) is 1. The molecule has 1 aromatic rings. The molecular formula is C19H25ClN2O2. The Kier molecular flexibility index (Phi) is 5.44. The molecule has 0 aromatic heterocycles. The van der Waals surface area contributed by atoms with E-state index in [4.69, 9.17) is 11.6 Å². The van der Waals surface area contributed by atoms with Crippen LogP contribution < -0.4 is 10.2 Å². The molecule has 2 fully saturated rings. The second-order valence-corrected chi connectivity index (χ2v) is 7.45. The largest absolute Gasteiger partial charge is 0.353 e. The quantitative estimate of drug-likeness (QED) is 0.900. The van der Waals surface area contributed by atoms with Gasteiger partial charge in [0.15, 0.2) is 0 Å². The third-order valence-electron chi connectivity index (χ3n) is 5.40. The van der Waals surface area contributed by atoms with Gasteiger partial charge in [-0.05, 0) is 55.9 Å². The van der Waals surface area contributed by atoms with Crippen molar-refractivity contribution >= 4 is 29.1 Å². The maximum atomic E-state index is 12.5. The molecule has 1 N–H and O–H groups in total. The molecule has 4 nitrogen and oxygen atoms in total. The van der Waals surface area contributed by atoms with Crippen LogP contribution >= 0.6 is 11.6 Å². The Morgan fingerprint density at radius 1 is 1.21 bits per heavy atom. The Morgan fingerprint density at radius 3 is 2.50 bits per heavy atom. The first-order valence-corrected chi connectivity index (χ1v) is 9.31. The van der Waals surface area contributed by atoms with Gasteiger partial charge in [0, 0.05) is 29.7 Å². The first-order valence-electron chi connectivity index (χ1n) is 8.93. The Labute approximate surface area is 148 Å². The molecule has 1 saturated heterocycles. The minimum atomic E-state index is -0.253. The minimum Gasteiger partial charge on any atom is -0.353 e. The Balaban J connectivity index is 1.55. The summed E-state index contributed by atoms with van der Waals surface area (Å²) in [6.45, 7) is 2.69. The van der Waals surface area contributed by atoms with Gasteiger partial charge in [0.2, 0.25) is 11.8 Å². The van der Waals surface area contributed by atoms with Gasteiger partial charge in [0.1, 0.15) is 0 Å². The van der Waals surface area contributed by atoms with Crippen molar-refractivity contribution in [1.82, 2.24) is 5.32 Å². The second-order valence-electron chi connectivity index (χ2n) is 7.02. The number of anilines is 1. The average molecular weight is 349 g/mol. The number of carbonyl (C=O) groups excluding carboxylic acids is 2. The monoisotopic (exact) mass is 348 g/mol. The van der Waals surface area contributed by atoms with E-state index in [1.165, 1.54) is 19.3 Å². The van der Waals surface area contributed by atoms with E-state index < -0.39 is 0 Å². The van der Waals surface area contributed by atoms with Crippen LogP contribution in [0, 0.1) is 11.8 Å². The highest BCUT2D eigenvalue weighted by Crippen LogP contribution is 2.29. The first-order chi connectivity index (χ1) is 11.6. The van der Waals surface area contributed by atoms with Gasteiger partial charge in [-0.25, -0.2) is 0 Å². The molecule has 5 heteroatoms.